The fourth-order valence-electron chi connectivity index (χ4n) is 14.1. The van der Waals surface area contributed by atoms with Crippen LogP contribution in [0.15, 0.2) is 212 Å². The molecule has 75 heavy (non-hydrogen) atoms. The first-order valence-corrected chi connectivity index (χ1v) is 26.4. The van der Waals surface area contributed by atoms with Crippen molar-refractivity contribution in [1.82, 2.24) is 29.9 Å². The Balaban J connectivity index is 0.898. The monoisotopic (exact) mass is 968 g/mol. The van der Waals surface area contributed by atoms with Crippen molar-refractivity contribution in [1.29, 1.82) is 0 Å². The van der Waals surface area contributed by atoms with Crippen molar-refractivity contribution in [2.24, 2.45) is 23.7 Å². The zero-order valence-corrected chi connectivity index (χ0v) is 41.1. The third kappa shape index (κ3) is 7.20. The molecule has 9 aromatic carbocycles. The number of hydrogen-bond acceptors (Lipinski definition) is 6. The van der Waals surface area contributed by atoms with E-state index in [-0.39, 0.29) is 11.2 Å². The Bertz CT molecular complexity index is 3880. The third-order valence-corrected chi connectivity index (χ3v) is 17.0. The number of rotatable bonds is 8. The fraction of sp³-hybridized carbons (Fsp3) is 0.147. The van der Waals surface area contributed by atoms with Gasteiger partial charge in [0.2, 0.25) is 0 Å². The van der Waals surface area contributed by atoms with E-state index >= 15 is 4.39 Å². The quantitative estimate of drug-likeness (QED) is 0.151. The summed E-state index contributed by atoms with van der Waals surface area (Å²) < 4.78 is 15.9. The maximum atomic E-state index is 15.9. The summed E-state index contributed by atoms with van der Waals surface area (Å²) in [5.74, 6) is 5.79. The standard InChI is InChI=1S/C68H49FN6/c69-52-29-32-56(66-72-62(44-15-5-1-6-16-44)70-63(73-66)45-17-7-2-8-18-45)58(40-52)49-28-31-55-54-30-27-48(38-59(54)68(60(55)39-49)50-34-41-33-42(36-50)37-51(68)35-41)53-25-13-23-43-24-14-26-57(61(43)53)67-74-64(46-19-9-3-10-20-46)71-65(75-67)47-21-11-4-12-22-47/h1-32,38-42,50-51H,33-37H2. The van der Waals surface area contributed by atoms with Crippen LogP contribution >= 0.6 is 0 Å². The largest absolute Gasteiger partial charge is 0.208 e. The van der Waals surface area contributed by atoms with E-state index in [9.17, 15) is 0 Å². The lowest BCUT2D eigenvalue weighted by molar-refractivity contribution is -0.0399. The van der Waals surface area contributed by atoms with Gasteiger partial charge in [0.1, 0.15) is 5.82 Å². The van der Waals surface area contributed by atoms with Gasteiger partial charge in [-0.15, -0.1) is 0 Å². The summed E-state index contributed by atoms with van der Waals surface area (Å²) in [5.41, 5.74) is 14.7. The van der Waals surface area contributed by atoms with Gasteiger partial charge in [0.15, 0.2) is 34.9 Å². The maximum Gasteiger partial charge on any atom is 0.164 e. The van der Waals surface area contributed by atoms with E-state index in [0.717, 1.165) is 72.7 Å². The Labute approximate surface area is 435 Å². The van der Waals surface area contributed by atoms with Crippen LogP contribution in [0.1, 0.15) is 43.2 Å². The second-order valence-electron chi connectivity index (χ2n) is 21.2. The number of benzene rings is 9. The van der Waals surface area contributed by atoms with E-state index in [4.69, 9.17) is 29.9 Å². The number of fused-ring (bicyclic) bond motifs is 4. The summed E-state index contributed by atoms with van der Waals surface area (Å²) >= 11 is 0. The van der Waals surface area contributed by atoms with E-state index in [2.05, 4.69) is 97.1 Å². The van der Waals surface area contributed by atoms with Crippen LogP contribution in [-0.2, 0) is 5.41 Å². The minimum absolute atomic E-state index is 0.192. The summed E-state index contributed by atoms with van der Waals surface area (Å²) in [7, 11) is 0. The van der Waals surface area contributed by atoms with Crippen LogP contribution in [0.2, 0.25) is 0 Å². The van der Waals surface area contributed by atoms with Gasteiger partial charge in [0.25, 0.3) is 0 Å². The van der Waals surface area contributed by atoms with Crippen LogP contribution in [0.5, 0.6) is 0 Å². The lowest BCUT2D eigenvalue weighted by Crippen LogP contribution is -2.55. The van der Waals surface area contributed by atoms with Gasteiger partial charge in [-0.1, -0.05) is 182 Å². The van der Waals surface area contributed by atoms with Gasteiger partial charge in [-0.2, -0.15) is 0 Å². The Morgan fingerprint density at radius 1 is 0.307 bits per heavy atom. The van der Waals surface area contributed by atoms with Crippen molar-refractivity contribution in [3.8, 4) is 102 Å². The molecule has 0 N–H and O–H groups in total. The predicted molar refractivity (Wildman–Crippen MR) is 297 cm³/mol. The smallest absolute Gasteiger partial charge is 0.164 e. The van der Waals surface area contributed by atoms with Crippen LogP contribution in [0.3, 0.4) is 0 Å². The van der Waals surface area contributed by atoms with Gasteiger partial charge in [-0.05, 0) is 136 Å². The summed E-state index contributed by atoms with van der Waals surface area (Å²) in [6.45, 7) is 0. The van der Waals surface area contributed by atoms with Crippen molar-refractivity contribution < 1.29 is 4.39 Å². The molecule has 0 amide bonds. The van der Waals surface area contributed by atoms with Crippen molar-refractivity contribution in [3.63, 3.8) is 0 Å². The zero-order valence-electron chi connectivity index (χ0n) is 41.1. The third-order valence-electron chi connectivity index (χ3n) is 17.0. The molecule has 0 radical (unpaired) electrons. The highest BCUT2D eigenvalue weighted by Crippen LogP contribution is 2.70. The topological polar surface area (TPSA) is 77.3 Å². The van der Waals surface area contributed by atoms with Crippen molar-refractivity contribution in [2.75, 3.05) is 0 Å². The van der Waals surface area contributed by atoms with Crippen molar-refractivity contribution in [3.05, 3.63) is 229 Å². The first-order valence-electron chi connectivity index (χ1n) is 26.4. The maximum absolute atomic E-state index is 15.9. The number of nitrogens with zero attached hydrogens (tertiary/aromatic N) is 6. The zero-order chi connectivity index (χ0) is 49.6. The molecule has 5 aliphatic carbocycles. The van der Waals surface area contributed by atoms with Crippen LogP contribution in [-0.4, -0.2) is 29.9 Å². The molecular formula is C68H49FN6. The highest BCUT2D eigenvalue weighted by Gasteiger charge is 2.61. The van der Waals surface area contributed by atoms with Crippen molar-refractivity contribution in [2.45, 2.75) is 37.5 Å². The molecule has 2 heterocycles. The summed E-state index contributed by atoms with van der Waals surface area (Å²) in [4.78, 5) is 30.7. The van der Waals surface area contributed by atoms with Crippen LogP contribution < -0.4 is 0 Å². The second kappa shape index (κ2) is 17.4. The predicted octanol–water partition coefficient (Wildman–Crippen LogP) is 16.4. The van der Waals surface area contributed by atoms with Crippen LogP contribution in [0.4, 0.5) is 4.39 Å². The highest BCUT2D eigenvalue weighted by molar-refractivity contribution is 6.06. The SMILES string of the molecule is Fc1ccc(-c2nc(-c3ccccc3)nc(-c3ccccc3)n2)c(-c2ccc3c(c2)C2(c4cc(-c5cccc6cccc(-c7nc(-c8ccccc8)nc(-c8ccccc8)n7)c56)ccc4-3)C3CC4CC(C3)CC2C4)c1. The molecule has 0 aliphatic heterocycles. The lowest BCUT2D eigenvalue weighted by Gasteiger charge is -2.61. The van der Waals surface area contributed by atoms with Gasteiger partial charge in [0, 0.05) is 44.2 Å². The van der Waals surface area contributed by atoms with E-state index < -0.39 is 0 Å². The average molecular weight is 969 g/mol. The molecule has 6 nitrogen and oxygen atoms in total. The summed E-state index contributed by atoms with van der Waals surface area (Å²) in [6, 6.07) is 72.8. The van der Waals surface area contributed by atoms with E-state index in [0.29, 0.717) is 46.8 Å². The van der Waals surface area contributed by atoms with Crippen LogP contribution in [0.25, 0.3) is 112 Å². The molecule has 358 valence electrons. The number of hydrogen-bond donors (Lipinski definition) is 0. The molecule has 4 saturated carbocycles. The molecular weight excluding hydrogens is 920 g/mol. The van der Waals surface area contributed by atoms with Crippen LogP contribution in [0, 0.1) is 29.5 Å². The normalized spacial score (nSPS) is 19.9. The first-order chi connectivity index (χ1) is 37.0. The Kier molecular flexibility index (Phi) is 10.2. The first kappa shape index (κ1) is 43.7. The van der Waals surface area contributed by atoms with Gasteiger partial charge in [-0.25, -0.2) is 34.3 Å². The summed E-state index contributed by atoms with van der Waals surface area (Å²) in [5, 5.41) is 2.24. The van der Waals surface area contributed by atoms with Gasteiger partial charge in [-0.3, -0.25) is 0 Å². The Morgan fingerprint density at radius 2 is 0.707 bits per heavy atom. The van der Waals surface area contributed by atoms with E-state index in [1.165, 1.54) is 66.0 Å². The summed E-state index contributed by atoms with van der Waals surface area (Å²) in [6.07, 6.45) is 6.27. The Hall–Kier alpha value is -8.81. The molecule has 7 heteroatoms. The molecule has 16 rings (SSSR count). The molecule has 2 aromatic heterocycles. The van der Waals surface area contributed by atoms with Crippen molar-refractivity contribution >= 4 is 10.8 Å². The molecule has 0 saturated heterocycles. The number of halogens is 1. The molecule has 1 spiro atoms. The number of aromatic nitrogens is 6. The average Bonchev–Trinajstić information content (AvgIpc) is 3.96. The minimum Gasteiger partial charge on any atom is -0.208 e. The van der Waals surface area contributed by atoms with Gasteiger partial charge < -0.3 is 0 Å². The second-order valence-corrected chi connectivity index (χ2v) is 21.2. The molecule has 4 bridgehead atoms. The minimum atomic E-state index is -0.300. The van der Waals surface area contributed by atoms with E-state index in [1.807, 2.05) is 103 Å². The molecule has 4 fully saturated rings. The Morgan fingerprint density at radius 3 is 1.17 bits per heavy atom. The highest BCUT2D eigenvalue weighted by atomic mass is 19.1. The lowest BCUT2D eigenvalue weighted by atomic mass is 9.43. The van der Waals surface area contributed by atoms with Gasteiger partial charge >= 0.3 is 0 Å². The van der Waals surface area contributed by atoms with Gasteiger partial charge in [0.05, 0.1) is 0 Å². The molecule has 0 atom stereocenters. The van der Waals surface area contributed by atoms with E-state index in [1.54, 1.807) is 6.07 Å². The fourth-order valence-corrected chi connectivity index (χ4v) is 14.1. The molecule has 0 unspecified atom stereocenters. The molecule has 11 aromatic rings. The molecule has 5 aliphatic rings.